The quantitative estimate of drug-likeness (QED) is 0.187. The molecule has 0 saturated heterocycles. The number of para-hydroxylation sites is 1. The van der Waals surface area contributed by atoms with Crippen molar-refractivity contribution in [2.75, 3.05) is 0 Å². The number of nitrogens with zero attached hydrogens (tertiary/aromatic N) is 4. The van der Waals surface area contributed by atoms with E-state index < -0.39 is 0 Å². The largest absolute Gasteiger partial charge is 0.452 e. The van der Waals surface area contributed by atoms with Crippen LogP contribution in [0.5, 0.6) is 0 Å². The van der Waals surface area contributed by atoms with Crippen LogP contribution in [0, 0.1) is 13.8 Å². The normalized spacial score (nSPS) is 11.6. The summed E-state index contributed by atoms with van der Waals surface area (Å²) in [6.45, 7) is 4.07. The number of hydrogen-bond donors (Lipinski definition) is 0. The summed E-state index contributed by atoms with van der Waals surface area (Å²) in [4.78, 5) is 19.9. The molecule has 0 amide bonds. The maximum atomic E-state index is 6.41. The van der Waals surface area contributed by atoms with E-state index in [1.807, 2.05) is 61.5 Å². The molecule has 9 rings (SSSR count). The van der Waals surface area contributed by atoms with Crippen LogP contribution in [-0.4, -0.2) is 19.9 Å². The maximum absolute atomic E-state index is 6.41. The van der Waals surface area contributed by atoms with E-state index in [1.54, 1.807) is 0 Å². The predicted molar refractivity (Wildman–Crippen MR) is 191 cm³/mol. The second-order valence-corrected chi connectivity index (χ2v) is 12.0. The van der Waals surface area contributed by atoms with Gasteiger partial charge in [-0.15, -0.1) is 0 Å². The maximum Gasteiger partial charge on any atom is 0.180 e. The lowest BCUT2D eigenvalue weighted by Crippen LogP contribution is -1.94. The smallest absolute Gasteiger partial charge is 0.180 e. The van der Waals surface area contributed by atoms with Crippen molar-refractivity contribution in [3.05, 3.63) is 145 Å². The van der Waals surface area contributed by atoms with Gasteiger partial charge < -0.3 is 4.42 Å². The van der Waals surface area contributed by atoms with Gasteiger partial charge in [0.05, 0.1) is 11.0 Å². The fourth-order valence-corrected chi connectivity index (χ4v) is 6.55. The molecule has 5 nitrogen and oxygen atoms in total. The lowest BCUT2D eigenvalue weighted by Gasteiger charge is -2.12. The summed E-state index contributed by atoms with van der Waals surface area (Å²) in [6, 6.07) is 46.0. The first kappa shape index (κ1) is 27.1. The van der Waals surface area contributed by atoms with E-state index in [1.165, 1.54) is 0 Å². The van der Waals surface area contributed by atoms with Crippen molar-refractivity contribution in [1.29, 1.82) is 0 Å². The molecule has 0 aliphatic heterocycles. The Labute approximate surface area is 271 Å². The number of hydrogen-bond acceptors (Lipinski definition) is 5. The first-order chi connectivity index (χ1) is 23.1. The molecule has 0 aliphatic rings. The third kappa shape index (κ3) is 4.63. The molecule has 0 bridgehead atoms. The van der Waals surface area contributed by atoms with Crippen LogP contribution in [0.3, 0.4) is 0 Å². The van der Waals surface area contributed by atoms with Crippen LogP contribution in [0.4, 0.5) is 0 Å². The molecule has 0 fully saturated rings. The van der Waals surface area contributed by atoms with Crippen molar-refractivity contribution in [1.82, 2.24) is 19.9 Å². The lowest BCUT2D eigenvalue weighted by atomic mass is 9.94. The van der Waals surface area contributed by atoms with Gasteiger partial charge in [0.1, 0.15) is 16.8 Å². The summed E-state index contributed by atoms with van der Waals surface area (Å²) in [5.74, 6) is 0.671. The minimum Gasteiger partial charge on any atom is -0.452 e. The summed E-state index contributed by atoms with van der Waals surface area (Å²) in [5.41, 5.74) is 13.3. The third-order valence-corrected chi connectivity index (χ3v) is 8.80. The number of aryl methyl sites for hydroxylation is 2. The molecular formula is C42H28N4O. The third-order valence-electron chi connectivity index (χ3n) is 8.80. The van der Waals surface area contributed by atoms with Gasteiger partial charge in [-0.2, -0.15) is 0 Å². The van der Waals surface area contributed by atoms with E-state index in [0.717, 1.165) is 88.8 Å². The molecular weight excluding hydrogens is 576 g/mol. The lowest BCUT2D eigenvalue weighted by molar-refractivity contribution is 0.667. The van der Waals surface area contributed by atoms with Crippen LogP contribution in [0.1, 0.15) is 11.4 Å². The van der Waals surface area contributed by atoms with Crippen molar-refractivity contribution in [2.24, 2.45) is 0 Å². The van der Waals surface area contributed by atoms with Crippen LogP contribution < -0.4 is 0 Å². The van der Waals surface area contributed by atoms with Crippen LogP contribution >= 0.6 is 0 Å². The number of furan rings is 1. The van der Waals surface area contributed by atoms with Crippen molar-refractivity contribution < 1.29 is 4.42 Å². The molecule has 47 heavy (non-hydrogen) atoms. The fourth-order valence-electron chi connectivity index (χ4n) is 6.55. The summed E-state index contributed by atoms with van der Waals surface area (Å²) in [7, 11) is 0. The van der Waals surface area contributed by atoms with Crippen molar-refractivity contribution in [2.45, 2.75) is 13.8 Å². The highest BCUT2D eigenvalue weighted by Gasteiger charge is 2.19. The molecule has 0 N–H and O–H groups in total. The van der Waals surface area contributed by atoms with Crippen LogP contribution in [0.15, 0.2) is 138 Å². The molecule has 0 aliphatic carbocycles. The Balaban J connectivity index is 1.20. The van der Waals surface area contributed by atoms with Gasteiger partial charge in [0.2, 0.25) is 0 Å². The molecule has 4 aromatic heterocycles. The van der Waals surface area contributed by atoms with Gasteiger partial charge in [-0.05, 0) is 72.5 Å². The molecule has 0 unspecified atom stereocenters. The number of aromatic nitrogens is 4. The highest BCUT2D eigenvalue weighted by Crippen LogP contribution is 2.38. The van der Waals surface area contributed by atoms with E-state index in [-0.39, 0.29) is 0 Å². The SMILES string of the molecule is Cc1ccc2ccc3c(-c4cccc(-c5cccc(-c6nc(-c7ccccc7)nc7c6oc6ccccc67)c5)c4)cc(C)nc3c2n1. The minimum absolute atomic E-state index is 0.671. The molecule has 0 saturated carbocycles. The van der Waals surface area contributed by atoms with Crippen molar-refractivity contribution in [3.8, 4) is 44.9 Å². The van der Waals surface area contributed by atoms with Crippen molar-refractivity contribution >= 4 is 43.9 Å². The van der Waals surface area contributed by atoms with Gasteiger partial charge in [0, 0.05) is 38.7 Å². The summed E-state index contributed by atoms with van der Waals surface area (Å²) in [5, 5.41) is 3.16. The zero-order chi connectivity index (χ0) is 31.5. The first-order valence-corrected chi connectivity index (χ1v) is 15.7. The molecule has 0 radical (unpaired) electrons. The van der Waals surface area contributed by atoms with E-state index in [4.69, 9.17) is 24.4 Å². The second-order valence-electron chi connectivity index (χ2n) is 12.0. The highest BCUT2D eigenvalue weighted by molar-refractivity contribution is 6.09. The topological polar surface area (TPSA) is 64.7 Å². The highest BCUT2D eigenvalue weighted by atomic mass is 16.3. The first-order valence-electron chi connectivity index (χ1n) is 15.7. The molecule has 9 aromatic rings. The average molecular weight is 605 g/mol. The van der Waals surface area contributed by atoms with Gasteiger partial charge in [0.15, 0.2) is 11.4 Å². The zero-order valence-electron chi connectivity index (χ0n) is 25.9. The Morgan fingerprint density at radius 1 is 0.447 bits per heavy atom. The monoisotopic (exact) mass is 604 g/mol. The zero-order valence-corrected chi connectivity index (χ0v) is 25.9. The Morgan fingerprint density at radius 2 is 1.13 bits per heavy atom. The van der Waals surface area contributed by atoms with E-state index in [0.29, 0.717) is 11.4 Å². The van der Waals surface area contributed by atoms with Crippen LogP contribution in [0.25, 0.3) is 88.8 Å². The molecule has 4 heterocycles. The Bertz CT molecular complexity index is 2660. The minimum atomic E-state index is 0.671. The summed E-state index contributed by atoms with van der Waals surface area (Å²) in [6.07, 6.45) is 0. The van der Waals surface area contributed by atoms with Gasteiger partial charge in [-0.3, -0.25) is 9.97 Å². The number of fused-ring (bicyclic) bond motifs is 6. The Hall–Kier alpha value is -6.20. The number of benzene rings is 5. The van der Waals surface area contributed by atoms with Gasteiger partial charge in [-0.1, -0.05) is 97.1 Å². The molecule has 0 spiro atoms. The van der Waals surface area contributed by atoms with Crippen molar-refractivity contribution in [3.63, 3.8) is 0 Å². The van der Waals surface area contributed by atoms with Gasteiger partial charge in [0.25, 0.3) is 0 Å². The number of pyridine rings is 2. The van der Waals surface area contributed by atoms with Gasteiger partial charge in [-0.25, -0.2) is 9.97 Å². The molecule has 5 aromatic carbocycles. The van der Waals surface area contributed by atoms with Crippen LogP contribution in [-0.2, 0) is 0 Å². The number of rotatable bonds is 4. The second kappa shape index (κ2) is 10.7. The van der Waals surface area contributed by atoms with E-state index in [2.05, 4.69) is 85.8 Å². The summed E-state index contributed by atoms with van der Waals surface area (Å²) < 4.78 is 6.41. The van der Waals surface area contributed by atoms with E-state index in [9.17, 15) is 0 Å². The van der Waals surface area contributed by atoms with E-state index >= 15 is 0 Å². The standard InChI is InChI=1S/C42H28N4O/c1-25-18-19-27-20-21-33-35(22-26(2)44-39(33)37(27)43-25)31-14-8-12-29(23-31)30-13-9-15-32(24-30)38-41-40(34-16-6-7-17-36(34)47-41)46-42(45-38)28-10-4-3-5-11-28/h3-24H,1-2H3. The molecule has 222 valence electrons. The fraction of sp³-hybridized carbons (Fsp3) is 0.0476. The molecule has 0 atom stereocenters. The predicted octanol–water partition coefficient (Wildman–Crippen LogP) is 10.8. The Kier molecular flexibility index (Phi) is 6.18. The summed E-state index contributed by atoms with van der Waals surface area (Å²) >= 11 is 0. The van der Waals surface area contributed by atoms with Gasteiger partial charge >= 0.3 is 0 Å². The average Bonchev–Trinajstić information content (AvgIpc) is 3.50. The Morgan fingerprint density at radius 3 is 1.98 bits per heavy atom. The van der Waals surface area contributed by atoms with Crippen LogP contribution in [0.2, 0.25) is 0 Å². The molecule has 5 heteroatoms.